The zero-order valence-electron chi connectivity index (χ0n) is 14.8. The molecule has 1 aliphatic rings. The van der Waals surface area contributed by atoms with Crippen LogP contribution < -0.4 is 10.1 Å². The number of ether oxygens (including phenoxy) is 2. The lowest BCUT2D eigenvalue weighted by molar-refractivity contribution is -0.0391. The molecular weight excluding hydrogens is 365 g/mol. The number of hydrogen-bond donors (Lipinski definition) is 2. The van der Waals surface area contributed by atoms with Gasteiger partial charge < -0.3 is 19.9 Å². The molecule has 7 nitrogen and oxygen atoms in total. The van der Waals surface area contributed by atoms with Crippen molar-refractivity contribution < 1.29 is 23.8 Å². The van der Waals surface area contributed by atoms with Crippen molar-refractivity contribution in [2.24, 2.45) is 0 Å². The molecule has 0 spiro atoms. The minimum Gasteiger partial charge on any atom is -0.505 e. The highest BCUT2D eigenvalue weighted by Crippen LogP contribution is 2.29. The number of halogens is 1. The number of pyridine rings is 2. The Hall–Kier alpha value is -3.26. The van der Waals surface area contributed by atoms with Gasteiger partial charge in [0.2, 0.25) is 5.88 Å². The fraction of sp³-hybridized carbons (Fsp3) is 0.250. The summed E-state index contributed by atoms with van der Waals surface area (Å²) < 4.78 is 24.9. The summed E-state index contributed by atoms with van der Waals surface area (Å²) in [4.78, 5) is 20.4. The Kier molecular flexibility index (Phi) is 5.03. The van der Waals surface area contributed by atoms with Gasteiger partial charge in [0.25, 0.3) is 5.91 Å². The van der Waals surface area contributed by atoms with Crippen LogP contribution in [-0.4, -0.2) is 46.5 Å². The lowest BCUT2D eigenvalue weighted by Crippen LogP contribution is -2.38. The zero-order valence-corrected chi connectivity index (χ0v) is 14.8. The van der Waals surface area contributed by atoms with E-state index in [0.29, 0.717) is 30.0 Å². The second kappa shape index (κ2) is 7.77. The number of hydrogen-bond acceptors (Lipinski definition) is 6. The Morgan fingerprint density at radius 1 is 1.25 bits per heavy atom. The predicted molar refractivity (Wildman–Crippen MR) is 100 cm³/mol. The summed E-state index contributed by atoms with van der Waals surface area (Å²) in [5.41, 5.74) is 0.462. The summed E-state index contributed by atoms with van der Waals surface area (Å²) in [6, 6.07) is 9.89. The third-order valence-electron chi connectivity index (χ3n) is 4.48. The van der Waals surface area contributed by atoms with Gasteiger partial charge in [-0.3, -0.25) is 4.79 Å². The Balaban J connectivity index is 1.56. The van der Waals surface area contributed by atoms with E-state index in [1.54, 1.807) is 30.5 Å². The lowest BCUT2D eigenvalue weighted by Gasteiger charge is -2.26. The van der Waals surface area contributed by atoms with Gasteiger partial charge >= 0.3 is 0 Å². The number of carbonyl (C=O) groups is 1. The first kappa shape index (κ1) is 18.1. The molecule has 2 unspecified atom stereocenters. The van der Waals surface area contributed by atoms with Crippen molar-refractivity contribution in [1.82, 2.24) is 9.97 Å². The number of anilines is 1. The Morgan fingerprint density at radius 2 is 2.14 bits per heavy atom. The fourth-order valence-electron chi connectivity index (χ4n) is 3.04. The Bertz CT molecular complexity index is 1010. The van der Waals surface area contributed by atoms with Gasteiger partial charge in [0, 0.05) is 29.9 Å². The van der Waals surface area contributed by atoms with Crippen LogP contribution in [-0.2, 0) is 4.74 Å². The maximum absolute atomic E-state index is 14.0. The number of benzene rings is 1. The number of nitrogens with zero attached hydrogens (tertiary/aromatic N) is 2. The van der Waals surface area contributed by atoms with Gasteiger partial charge in [-0.15, -0.1) is 0 Å². The molecule has 144 valence electrons. The molecular formula is C20H18FN3O4. The molecule has 28 heavy (non-hydrogen) atoms. The van der Waals surface area contributed by atoms with E-state index in [2.05, 4.69) is 15.3 Å². The molecule has 1 fully saturated rings. The van der Waals surface area contributed by atoms with Gasteiger partial charge in [0.15, 0.2) is 11.9 Å². The van der Waals surface area contributed by atoms with Gasteiger partial charge in [0.1, 0.15) is 11.9 Å². The van der Waals surface area contributed by atoms with Crippen molar-refractivity contribution in [3.63, 3.8) is 0 Å². The van der Waals surface area contributed by atoms with E-state index in [1.165, 1.54) is 18.3 Å². The first-order valence-corrected chi connectivity index (χ1v) is 8.84. The normalized spacial score (nSPS) is 19.3. The quantitative estimate of drug-likeness (QED) is 0.719. The number of aromatic hydroxyl groups is 1. The van der Waals surface area contributed by atoms with E-state index in [-0.39, 0.29) is 18.1 Å². The zero-order chi connectivity index (χ0) is 19.5. The molecule has 8 heteroatoms. The molecule has 1 amide bonds. The average molecular weight is 383 g/mol. The molecule has 0 aliphatic carbocycles. The summed E-state index contributed by atoms with van der Waals surface area (Å²) in [5.74, 6) is -0.379. The summed E-state index contributed by atoms with van der Waals surface area (Å²) >= 11 is 0. The molecule has 4 rings (SSSR count). The van der Waals surface area contributed by atoms with Crippen LogP contribution in [0.4, 0.5) is 10.1 Å². The number of carbonyl (C=O) groups excluding carboxylic acids is 1. The third-order valence-corrected chi connectivity index (χ3v) is 4.48. The van der Waals surface area contributed by atoms with E-state index in [1.807, 2.05) is 0 Å². The van der Waals surface area contributed by atoms with Crippen LogP contribution in [0.5, 0.6) is 11.6 Å². The molecule has 2 aromatic heterocycles. The second-order valence-electron chi connectivity index (χ2n) is 6.41. The molecule has 0 saturated carbocycles. The van der Waals surface area contributed by atoms with E-state index in [0.717, 1.165) is 5.39 Å². The predicted octanol–water partition coefficient (Wildman–Crippen LogP) is 3.09. The lowest BCUT2D eigenvalue weighted by atomic mass is 10.1. The van der Waals surface area contributed by atoms with Gasteiger partial charge in [-0.25, -0.2) is 14.4 Å². The smallest absolute Gasteiger partial charge is 0.278 e. The highest BCUT2D eigenvalue weighted by molar-refractivity contribution is 6.05. The topological polar surface area (TPSA) is 93.6 Å². The first-order valence-electron chi connectivity index (χ1n) is 8.84. The highest BCUT2D eigenvalue weighted by atomic mass is 19.1. The van der Waals surface area contributed by atoms with E-state index in [9.17, 15) is 14.3 Å². The van der Waals surface area contributed by atoms with Crippen molar-refractivity contribution in [2.75, 3.05) is 18.5 Å². The highest BCUT2D eigenvalue weighted by Gasteiger charge is 2.28. The van der Waals surface area contributed by atoms with Gasteiger partial charge in [-0.2, -0.15) is 0 Å². The molecule has 3 aromatic rings. The maximum Gasteiger partial charge on any atom is 0.278 e. The van der Waals surface area contributed by atoms with Gasteiger partial charge in [0.05, 0.1) is 13.2 Å². The molecule has 2 N–H and O–H groups in total. The van der Waals surface area contributed by atoms with Crippen LogP contribution >= 0.6 is 0 Å². The molecule has 1 saturated heterocycles. The number of fused-ring (bicyclic) bond motifs is 1. The molecule has 3 heterocycles. The monoisotopic (exact) mass is 383 g/mol. The van der Waals surface area contributed by atoms with E-state index in [4.69, 9.17) is 9.47 Å². The Labute approximate surface area is 160 Å². The Morgan fingerprint density at radius 3 is 2.96 bits per heavy atom. The average Bonchev–Trinajstić information content (AvgIpc) is 2.70. The third kappa shape index (κ3) is 3.72. The van der Waals surface area contributed by atoms with Crippen LogP contribution in [0, 0.1) is 0 Å². The summed E-state index contributed by atoms with van der Waals surface area (Å²) in [6.07, 6.45) is 1.66. The second-order valence-corrected chi connectivity index (χ2v) is 6.41. The van der Waals surface area contributed by atoms with Crippen molar-refractivity contribution >= 4 is 22.4 Å². The number of alkyl halides is 1. The SMILES string of the molecule is O=C(Nc1ccc2c(OC3CCOCC3F)nccc2c1)c1ncccc1O. The number of aromatic nitrogens is 2. The van der Waals surface area contributed by atoms with Crippen molar-refractivity contribution in [3.05, 3.63) is 54.5 Å². The number of rotatable bonds is 4. The molecule has 0 bridgehead atoms. The molecule has 2 atom stereocenters. The molecule has 1 aliphatic heterocycles. The van der Waals surface area contributed by atoms with Gasteiger partial charge in [-0.05, 0) is 41.8 Å². The van der Waals surface area contributed by atoms with Crippen LogP contribution in [0.25, 0.3) is 10.8 Å². The summed E-state index contributed by atoms with van der Waals surface area (Å²) in [5, 5.41) is 13.9. The van der Waals surface area contributed by atoms with Crippen molar-refractivity contribution in [3.8, 4) is 11.6 Å². The van der Waals surface area contributed by atoms with E-state index < -0.39 is 18.2 Å². The first-order chi connectivity index (χ1) is 13.6. The maximum atomic E-state index is 14.0. The largest absolute Gasteiger partial charge is 0.505 e. The molecule has 0 radical (unpaired) electrons. The van der Waals surface area contributed by atoms with Gasteiger partial charge in [-0.1, -0.05) is 0 Å². The summed E-state index contributed by atoms with van der Waals surface area (Å²) in [6.45, 7) is 0.471. The van der Waals surface area contributed by atoms with Crippen LogP contribution in [0.2, 0.25) is 0 Å². The van der Waals surface area contributed by atoms with Crippen LogP contribution in [0.3, 0.4) is 0 Å². The van der Waals surface area contributed by atoms with Crippen molar-refractivity contribution in [2.45, 2.75) is 18.7 Å². The van der Waals surface area contributed by atoms with E-state index >= 15 is 0 Å². The minimum atomic E-state index is -1.20. The van der Waals surface area contributed by atoms with Crippen molar-refractivity contribution in [1.29, 1.82) is 0 Å². The molecule has 1 aromatic carbocycles. The number of nitrogens with one attached hydrogen (secondary N) is 1. The number of amides is 1. The standard InChI is InChI=1S/C20H18FN3O4/c21-15-11-27-9-6-17(15)28-20-14-4-3-13(10-12(14)5-8-23-20)24-19(26)18-16(25)2-1-7-22-18/h1-5,7-8,10,15,17,25H,6,9,11H2,(H,24,26). The minimum absolute atomic E-state index is 0.0198. The van der Waals surface area contributed by atoms with Crippen LogP contribution in [0.1, 0.15) is 16.9 Å². The fourth-order valence-corrected chi connectivity index (χ4v) is 3.04. The summed E-state index contributed by atoms with van der Waals surface area (Å²) in [7, 11) is 0. The van der Waals surface area contributed by atoms with Crippen LogP contribution in [0.15, 0.2) is 48.8 Å².